The topological polar surface area (TPSA) is 121 Å². The molecule has 1 N–H and O–H groups in total. The summed E-state index contributed by atoms with van der Waals surface area (Å²) in [4.78, 5) is 43.5. The van der Waals surface area contributed by atoms with Crippen LogP contribution in [0.1, 0.15) is 38.0 Å². The minimum atomic E-state index is -1.49. The summed E-state index contributed by atoms with van der Waals surface area (Å²) in [7, 11) is 1.28. The van der Waals surface area contributed by atoms with E-state index in [9.17, 15) is 19.5 Å². The number of carbonyl (C=O) groups is 3. The second-order valence-electron chi connectivity index (χ2n) is 7.89. The van der Waals surface area contributed by atoms with E-state index in [4.69, 9.17) is 19.0 Å². The quantitative estimate of drug-likeness (QED) is 0.181. The van der Waals surface area contributed by atoms with Crippen LogP contribution in [-0.2, 0) is 19.0 Å². The third-order valence-electron chi connectivity index (χ3n) is 5.19. The zero-order valence-electron chi connectivity index (χ0n) is 20.3. The molecule has 9 nitrogen and oxygen atoms in total. The van der Waals surface area contributed by atoms with Crippen LogP contribution in [0, 0.1) is 0 Å². The first-order valence-electron chi connectivity index (χ1n) is 11.4. The summed E-state index contributed by atoms with van der Waals surface area (Å²) in [5.41, 5.74) is 0.633. The first-order valence-corrected chi connectivity index (χ1v) is 11.4. The number of ether oxygens (including phenoxy) is 3. The van der Waals surface area contributed by atoms with Gasteiger partial charge in [0.05, 0.1) is 29.0 Å². The van der Waals surface area contributed by atoms with Crippen molar-refractivity contribution in [2.24, 2.45) is 5.16 Å². The Morgan fingerprint density at radius 2 is 1.05 bits per heavy atom. The van der Waals surface area contributed by atoms with Crippen molar-refractivity contribution in [2.75, 3.05) is 7.11 Å². The molecule has 0 aliphatic rings. The van der Waals surface area contributed by atoms with Gasteiger partial charge in [-0.15, -0.1) is 0 Å². The van der Waals surface area contributed by atoms with Crippen LogP contribution < -0.4 is 0 Å². The summed E-state index contributed by atoms with van der Waals surface area (Å²) < 4.78 is 16.9. The summed E-state index contributed by atoms with van der Waals surface area (Å²) in [6, 6.07) is 24.3. The molecule has 0 heterocycles. The molecule has 0 radical (unpaired) electrons. The highest BCUT2D eigenvalue weighted by molar-refractivity contribution is 5.92. The van der Waals surface area contributed by atoms with Gasteiger partial charge < -0.3 is 24.2 Å². The number of hydrogen-bond donors (Lipinski definition) is 1. The van der Waals surface area contributed by atoms with Crippen molar-refractivity contribution in [2.45, 2.75) is 31.3 Å². The van der Waals surface area contributed by atoms with Gasteiger partial charge in [0.1, 0.15) is 7.11 Å². The van der Waals surface area contributed by atoms with Crippen LogP contribution in [0.4, 0.5) is 0 Å². The minimum absolute atomic E-state index is 0.197. The van der Waals surface area contributed by atoms with Crippen LogP contribution in [0.25, 0.3) is 0 Å². The molecule has 3 rings (SSSR count). The van der Waals surface area contributed by atoms with E-state index in [1.807, 2.05) is 0 Å². The highest BCUT2D eigenvalue weighted by atomic mass is 16.6. The van der Waals surface area contributed by atoms with Gasteiger partial charge in [0, 0.05) is 0 Å². The Balaban J connectivity index is 1.98. The third-order valence-corrected chi connectivity index (χ3v) is 5.19. The fraction of sp³-hybridized carbons (Fsp3) is 0.214. The van der Waals surface area contributed by atoms with Crippen molar-refractivity contribution < 1.29 is 38.5 Å². The molecular formula is C28H27NO8. The number of rotatable bonds is 11. The van der Waals surface area contributed by atoms with Gasteiger partial charge in [-0.25, -0.2) is 14.4 Å². The molecule has 0 amide bonds. The number of hydrogen-bond acceptors (Lipinski definition) is 9. The standard InChI is InChI=1S/C28H27NO8/c1-19(30)24(36-27(32)21-14-8-4-9-15-21)25(37-28(33)22-16-10-5-11-17-22)23(18-29-34-2)35-26(31)20-12-6-3-7-13-20/h3-19,23-25,30H,1-2H3/b29-18+/t19-,23+,24+,25-/m0/s1. The molecular weight excluding hydrogens is 478 g/mol. The van der Waals surface area contributed by atoms with Crippen molar-refractivity contribution in [3.05, 3.63) is 108 Å². The molecule has 9 heteroatoms. The Morgan fingerprint density at radius 3 is 1.43 bits per heavy atom. The summed E-state index contributed by atoms with van der Waals surface area (Å²) in [5, 5.41) is 14.3. The number of esters is 3. The van der Waals surface area contributed by atoms with E-state index in [1.165, 1.54) is 38.3 Å². The highest BCUT2D eigenvalue weighted by Crippen LogP contribution is 2.20. The normalized spacial score (nSPS) is 14.1. The summed E-state index contributed by atoms with van der Waals surface area (Å²) in [6.45, 7) is 1.36. The summed E-state index contributed by atoms with van der Waals surface area (Å²) >= 11 is 0. The fourth-order valence-electron chi connectivity index (χ4n) is 3.36. The predicted molar refractivity (Wildman–Crippen MR) is 134 cm³/mol. The molecule has 3 aromatic rings. The third kappa shape index (κ3) is 7.74. The Morgan fingerprint density at radius 1 is 0.676 bits per heavy atom. The van der Waals surface area contributed by atoms with E-state index in [0.717, 1.165) is 6.21 Å². The Bertz CT molecular complexity index is 1180. The van der Waals surface area contributed by atoms with Crippen LogP contribution in [0.5, 0.6) is 0 Å². The summed E-state index contributed by atoms with van der Waals surface area (Å²) in [5.74, 6) is -2.32. The second kappa shape index (κ2) is 13.6. The maximum absolute atomic E-state index is 13.0. The van der Waals surface area contributed by atoms with E-state index in [1.54, 1.807) is 66.7 Å². The number of nitrogens with zero attached hydrogens (tertiary/aromatic N) is 1. The van der Waals surface area contributed by atoms with Crippen molar-refractivity contribution in [1.82, 2.24) is 0 Å². The van der Waals surface area contributed by atoms with Gasteiger partial charge in [0.15, 0.2) is 18.3 Å². The Labute approximate surface area is 214 Å². The number of benzene rings is 3. The molecule has 0 aliphatic carbocycles. The lowest BCUT2D eigenvalue weighted by Gasteiger charge is -2.32. The molecule has 0 bridgehead atoms. The van der Waals surface area contributed by atoms with Crippen LogP contribution in [-0.4, -0.2) is 60.8 Å². The number of aliphatic hydroxyl groups is 1. The molecule has 0 saturated heterocycles. The largest absolute Gasteiger partial charge is 0.452 e. The van der Waals surface area contributed by atoms with Crippen LogP contribution in [0.15, 0.2) is 96.2 Å². The molecule has 192 valence electrons. The molecule has 0 spiro atoms. The number of carbonyl (C=O) groups excluding carboxylic acids is 3. The van der Waals surface area contributed by atoms with Crippen molar-refractivity contribution in [3.63, 3.8) is 0 Å². The van der Waals surface area contributed by atoms with Crippen LogP contribution in [0.3, 0.4) is 0 Å². The zero-order valence-corrected chi connectivity index (χ0v) is 20.3. The van der Waals surface area contributed by atoms with Gasteiger partial charge in [-0.1, -0.05) is 59.8 Å². The van der Waals surface area contributed by atoms with Gasteiger partial charge in [0.2, 0.25) is 0 Å². The average Bonchev–Trinajstić information content (AvgIpc) is 2.94. The maximum Gasteiger partial charge on any atom is 0.338 e. The molecule has 0 fully saturated rings. The zero-order chi connectivity index (χ0) is 26.6. The molecule has 4 atom stereocenters. The highest BCUT2D eigenvalue weighted by Gasteiger charge is 2.41. The van der Waals surface area contributed by atoms with E-state index >= 15 is 0 Å². The molecule has 0 unspecified atom stereocenters. The maximum atomic E-state index is 13.0. The first-order chi connectivity index (χ1) is 17.9. The van der Waals surface area contributed by atoms with Crippen molar-refractivity contribution >= 4 is 24.1 Å². The lowest BCUT2D eigenvalue weighted by atomic mass is 10.0. The van der Waals surface area contributed by atoms with Gasteiger partial charge in [-0.2, -0.15) is 0 Å². The Hall–Kier alpha value is -4.50. The van der Waals surface area contributed by atoms with Crippen LogP contribution in [0.2, 0.25) is 0 Å². The lowest BCUT2D eigenvalue weighted by molar-refractivity contribution is -0.103. The minimum Gasteiger partial charge on any atom is -0.452 e. The first kappa shape index (κ1) is 27.1. The predicted octanol–water partition coefficient (Wildman–Crippen LogP) is 3.68. The fourth-order valence-corrected chi connectivity index (χ4v) is 3.36. The molecule has 3 aromatic carbocycles. The van der Waals surface area contributed by atoms with E-state index in [2.05, 4.69) is 5.16 Å². The SMILES string of the molecule is CO/N=C/[C@@H](OC(=O)c1ccccc1)[C@H](OC(=O)c1ccccc1)[C@H](OC(=O)c1ccccc1)[C@H](C)O. The van der Waals surface area contributed by atoms with Gasteiger partial charge in [0.25, 0.3) is 0 Å². The van der Waals surface area contributed by atoms with Gasteiger partial charge in [-0.3, -0.25) is 0 Å². The second-order valence-corrected chi connectivity index (χ2v) is 7.89. The molecule has 0 aliphatic heterocycles. The molecule has 37 heavy (non-hydrogen) atoms. The van der Waals surface area contributed by atoms with E-state index in [0.29, 0.717) is 0 Å². The Kier molecular flexibility index (Phi) is 9.92. The van der Waals surface area contributed by atoms with Crippen molar-refractivity contribution in [1.29, 1.82) is 0 Å². The lowest BCUT2D eigenvalue weighted by Crippen LogP contribution is -2.50. The number of oxime groups is 1. The van der Waals surface area contributed by atoms with Gasteiger partial charge in [-0.05, 0) is 43.3 Å². The van der Waals surface area contributed by atoms with E-state index in [-0.39, 0.29) is 16.7 Å². The number of aliphatic hydroxyl groups excluding tert-OH is 1. The molecule has 0 aromatic heterocycles. The smallest absolute Gasteiger partial charge is 0.338 e. The molecule has 0 saturated carbocycles. The monoisotopic (exact) mass is 505 g/mol. The van der Waals surface area contributed by atoms with Gasteiger partial charge >= 0.3 is 17.9 Å². The van der Waals surface area contributed by atoms with Crippen molar-refractivity contribution in [3.8, 4) is 0 Å². The van der Waals surface area contributed by atoms with E-state index < -0.39 is 42.3 Å². The van der Waals surface area contributed by atoms with Crippen LogP contribution >= 0.6 is 0 Å². The average molecular weight is 506 g/mol. The summed E-state index contributed by atoms with van der Waals surface area (Å²) in [6.07, 6.45) is -4.59.